The summed E-state index contributed by atoms with van der Waals surface area (Å²) in [5.74, 6) is 1.16. The first-order valence-corrected chi connectivity index (χ1v) is 6.51. The summed E-state index contributed by atoms with van der Waals surface area (Å²) in [6.45, 7) is 4.14. The average molecular weight is 266 g/mol. The van der Waals surface area contributed by atoms with Crippen LogP contribution in [-0.4, -0.2) is 34.8 Å². The highest BCUT2D eigenvalue weighted by atomic mass is 16.5. The Kier molecular flexibility index (Phi) is 2.81. The van der Waals surface area contributed by atoms with Gasteiger partial charge in [-0.1, -0.05) is 13.8 Å². The first kappa shape index (κ1) is 12.8. The molecule has 0 amide bonds. The molecule has 1 saturated heterocycles. The summed E-state index contributed by atoms with van der Waals surface area (Å²) in [6, 6.07) is 1.65. The van der Waals surface area contributed by atoms with Gasteiger partial charge in [-0.25, -0.2) is 0 Å². The van der Waals surface area contributed by atoms with Crippen molar-refractivity contribution in [3.8, 4) is 0 Å². The molecule has 0 unspecified atom stereocenters. The normalized spacial score (nSPS) is 33.5. The van der Waals surface area contributed by atoms with Crippen LogP contribution in [0.25, 0.3) is 0 Å². The van der Waals surface area contributed by atoms with Gasteiger partial charge in [0.25, 0.3) is 0 Å². The summed E-state index contributed by atoms with van der Waals surface area (Å²) in [6.07, 6.45) is -1.40. The van der Waals surface area contributed by atoms with Crippen molar-refractivity contribution in [3.05, 3.63) is 23.2 Å². The van der Waals surface area contributed by atoms with Gasteiger partial charge in [0.2, 0.25) is 0 Å². The van der Waals surface area contributed by atoms with Gasteiger partial charge >= 0.3 is 0 Å². The number of Topliss-reactive ketones (excluding diaryl/α,β-unsaturated/α-hetero) is 1. The molecular formula is C14H18O5. The Morgan fingerprint density at radius 1 is 1.32 bits per heavy atom. The van der Waals surface area contributed by atoms with Crippen molar-refractivity contribution >= 4 is 5.78 Å². The van der Waals surface area contributed by atoms with E-state index in [2.05, 4.69) is 0 Å². The third-order valence-corrected chi connectivity index (χ3v) is 3.84. The molecule has 3 rings (SSSR count). The number of hydrogen-bond acceptors (Lipinski definition) is 5. The fraction of sp³-hybridized carbons (Fsp3) is 0.643. The molecule has 2 heterocycles. The van der Waals surface area contributed by atoms with Gasteiger partial charge in [0.05, 0.1) is 12.2 Å². The molecule has 3 atom stereocenters. The minimum absolute atomic E-state index is 0.0642. The molecule has 2 aliphatic rings. The van der Waals surface area contributed by atoms with Crippen molar-refractivity contribution < 1.29 is 24.2 Å². The van der Waals surface area contributed by atoms with E-state index in [-0.39, 0.29) is 17.8 Å². The summed E-state index contributed by atoms with van der Waals surface area (Å²) in [4.78, 5) is 12.1. The number of aliphatic hydroxyl groups excluding tert-OH is 2. The summed E-state index contributed by atoms with van der Waals surface area (Å²) in [7, 11) is 0. The van der Waals surface area contributed by atoms with Crippen molar-refractivity contribution in [2.24, 2.45) is 5.41 Å². The lowest BCUT2D eigenvalue weighted by Crippen LogP contribution is -2.25. The first-order chi connectivity index (χ1) is 8.87. The Hall–Kier alpha value is -1.17. The lowest BCUT2D eigenvalue weighted by Gasteiger charge is -2.26. The molecule has 19 heavy (non-hydrogen) atoms. The molecule has 5 heteroatoms. The molecule has 0 aromatic carbocycles. The molecule has 1 aliphatic heterocycles. The predicted molar refractivity (Wildman–Crippen MR) is 65.8 cm³/mol. The second-order valence-corrected chi connectivity index (χ2v) is 6.24. The molecule has 1 fully saturated rings. The van der Waals surface area contributed by atoms with Crippen molar-refractivity contribution in [1.29, 1.82) is 0 Å². The lowest BCUT2D eigenvalue weighted by molar-refractivity contribution is 0.0113. The van der Waals surface area contributed by atoms with Gasteiger partial charge in [0, 0.05) is 12.8 Å². The van der Waals surface area contributed by atoms with Crippen LogP contribution in [0.15, 0.2) is 10.5 Å². The van der Waals surface area contributed by atoms with E-state index in [1.807, 2.05) is 13.8 Å². The third-order valence-electron chi connectivity index (χ3n) is 3.84. The van der Waals surface area contributed by atoms with E-state index in [0.29, 0.717) is 29.9 Å². The molecule has 2 N–H and O–H groups in total. The lowest BCUT2D eigenvalue weighted by atomic mass is 9.76. The number of furan rings is 1. The molecule has 1 aromatic heterocycles. The van der Waals surface area contributed by atoms with Crippen LogP contribution in [0.1, 0.15) is 48.3 Å². The number of ether oxygens (including phenoxy) is 1. The number of carbonyl (C=O) groups is 1. The predicted octanol–water partition coefficient (Wildman–Crippen LogP) is 1.23. The topological polar surface area (TPSA) is 79.9 Å². The number of fused-ring (bicyclic) bond motifs is 1. The number of ketones is 1. The second-order valence-electron chi connectivity index (χ2n) is 6.24. The minimum atomic E-state index is -1.00. The van der Waals surface area contributed by atoms with Crippen molar-refractivity contribution in [1.82, 2.24) is 0 Å². The van der Waals surface area contributed by atoms with E-state index in [9.17, 15) is 15.0 Å². The fourth-order valence-electron chi connectivity index (χ4n) is 2.84. The maximum absolute atomic E-state index is 12.1. The van der Waals surface area contributed by atoms with Gasteiger partial charge in [-0.3, -0.25) is 4.79 Å². The molecule has 1 aliphatic carbocycles. The maximum Gasteiger partial charge on any atom is 0.166 e. The Balaban J connectivity index is 1.93. The zero-order valence-electron chi connectivity index (χ0n) is 11.0. The van der Waals surface area contributed by atoms with Gasteiger partial charge in [-0.15, -0.1) is 0 Å². The van der Waals surface area contributed by atoms with Crippen LogP contribution in [0.3, 0.4) is 0 Å². The SMILES string of the molecule is CC1(C)CC(=O)c2cc([C@H]3OC[C@@H](O)[C@H]3O)oc2C1. The number of rotatable bonds is 1. The summed E-state index contributed by atoms with van der Waals surface area (Å²) >= 11 is 0. The highest BCUT2D eigenvalue weighted by Gasteiger charge is 2.40. The van der Waals surface area contributed by atoms with Crippen LogP contribution in [0.4, 0.5) is 0 Å². The Bertz CT molecular complexity index is 516. The highest BCUT2D eigenvalue weighted by Crippen LogP contribution is 2.39. The smallest absolute Gasteiger partial charge is 0.166 e. The molecule has 0 saturated carbocycles. The molecule has 1 aromatic rings. The van der Waals surface area contributed by atoms with E-state index in [1.54, 1.807) is 6.07 Å². The molecule has 0 radical (unpaired) electrons. The molecule has 0 bridgehead atoms. The molecule has 5 nitrogen and oxygen atoms in total. The Morgan fingerprint density at radius 2 is 2.05 bits per heavy atom. The Labute approximate surface area is 111 Å². The highest BCUT2D eigenvalue weighted by molar-refractivity contribution is 5.98. The van der Waals surface area contributed by atoms with Crippen LogP contribution in [0, 0.1) is 5.41 Å². The van der Waals surface area contributed by atoms with Crippen LogP contribution < -0.4 is 0 Å². The maximum atomic E-state index is 12.1. The van der Waals surface area contributed by atoms with E-state index < -0.39 is 18.3 Å². The van der Waals surface area contributed by atoms with E-state index in [0.717, 1.165) is 0 Å². The molecule has 0 spiro atoms. The summed E-state index contributed by atoms with van der Waals surface area (Å²) in [5.41, 5.74) is 0.486. The van der Waals surface area contributed by atoms with Gasteiger partial charge in [-0.05, 0) is 11.5 Å². The second kappa shape index (κ2) is 4.16. The summed E-state index contributed by atoms with van der Waals surface area (Å²) < 4.78 is 11.0. The fourth-order valence-corrected chi connectivity index (χ4v) is 2.84. The van der Waals surface area contributed by atoms with E-state index >= 15 is 0 Å². The number of aliphatic hydroxyl groups is 2. The zero-order chi connectivity index (χ0) is 13.8. The van der Waals surface area contributed by atoms with Crippen LogP contribution in [0.5, 0.6) is 0 Å². The summed E-state index contributed by atoms with van der Waals surface area (Å²) in [5, 5.41) is 19.3. The van der Waals surface area contributed by atoms with E-state index in [1.165, 1.54) is 0 Å². The van der Waals surface area contributed by atoms with Gasteiger partial charge in [0.15, 0.2) is 5.78 Å². The van der Waals surface area contributed by atoms with Crippen LogP contribution in [0.2, 0.25) is 0 Å². The molecule has 104 valence electrons. The van der Waals surface area contributed by atoms with Crippen molar-refractivity contribution in [2.75, 3.05) is 6.61 Å². The minimum Gasteiger partial charge on any atom is -0.462 e. The van der Waals surface area contributed by atoms with Gasteiger partial charge in [-0.2, -0.15) is 0 Å². The van der Waals surface area contributed by atoms with Crippen molar-refractivity contribution in [2.45, 2.75) is 45.0 Å². The Morgan fingerprint density at radius 3 is 2.68 bits per heavy atom. The van der Waals surface area contributed by atoms with Crippen LogP contribution >= 0.6 is 0 Å². The first-order valence-electron chi connectivity index (χ1n) is 6.51. The average Bonchev–Trinajstić information content (AvgIpc) is 2.83. The standard InChI is InChI=1S/C14H18O5/c1-14(2)4-8(15)7-3-10(19-11(7)5-14)13-12(17)9(16)6-18-13/h3,9,12-13,16-17H,4-6H2,1-2H3/t9-,12-,13-/m1/s1. The van der Waals surface area contributed by atoms with Crippen LogP contribution in [-0.2, 0) is 11.2 Å². The molecular weight excluding hydrogens is 248 g/mol. The van der Waals surface area contributed by atoms with E-state index in [4.69, 9.17) is 9.15 Å². The largest absolute Gasteiger partial charge is 0.462 e. The quantitative estimate of drug-likeness (QED) is 0.799. The third kappa shape index (κ3) is 2.12. The number of carbonyl (C=O) groups excluding carboxylic acids is 1. The van der Waals surface area contributed by atoms with Crippen molar-refractivity contribution in [3.63, 3.8) is 0 Å². The van der Waals surface area contributed by atoms with Gasteiger partial charge < -0.3 is 19.4 Å². The zero-order valence-corrected chi connectivity index (χ0v) is 11.0. The van der Waals surface area contributed by atoms with Gasteiger partial charge in [0.1, 0.15) is 29.8 Å². The number of hydrogen-bond donors (Lipinski definition) is 2. The monoisotopic (exact) mass is 266 g/mol.